The molecule has 6 rings (SSSR count). The Hall–Kier alpha value is -3.52. The second kappa shape index (κ2) is 11.5. The van der Waals surface area contributed by atoms with Crippen LogP contribution < -0.4 is 24.8 Å². The maximum Gasteiger partial charge on any atom is 0.255 e. The van der Waals surface area contributed by atoms with Gasteiger partial charge in [-0.05, 0) is 69.4 Å². The van der Waals surface area contributed by atoms with E-state index >= 15 is 0 Å². The third kappa shape index (κ3) is 5.17. The lowest BCUT2D eigenvalue weighted by Gasteiger charge is -2.37. The molecule has 0 bridgehead atoms. The number of hydrogen-bond acceptors (Lipinski definition) is 7. The lowest BCUT2D eigenvalue weighted by atomic mass is 9.79. The number of aromatic nitrogens is 2. The Balaban J connectivity index is 1.19. The van der Waals surface area contributed by atoms with Gasteiger partial charge in [0, 0.05) is 55.5 Å². The molecule has 1 atom stereocenters. The fraction of sp³-hybridized carbons (Fsp3) is 0.452. The monoisotopic (exact) mass is 561 g/mol. The van der Waals surface area contributed by atoms with Gasteiger partial charge in [0.25, 0.3) is 5.56 Å². The number of ether oxygens (including phenoxy) is 2. The summed E-state index contributed by atoms with van der Waals surface area (Å²) in [6.45, 7) is 9.06. The number of benzene rings is 2. The number of anilines is 2. The van der Waals surface area contributed by atoms with Crippen LogP contribution in [0.15, 0.2) is 46.2 Å². The van der Waals surface area contributed by atoms with Crippen molar-refractivity contribution in [3.63, 3.8) is 0 Å². The number of aromatic amines is 1. The van der Waals surface area contributed by atoms with Crippen LogP contribution in [-0.4, -0.2) is 61.6 Å². The van der Waals surface area contributed by atoms with Crippen molar-refractivity contribution < 1.29 is 9.47 Å². The molecule has 1 N–H and O–H groups in total. The van der Waals surface area contributed by atoms with Gasteiger partial charge in [-0.25, -0.2) is 4.98 Å². The van der Waals surface area contributed by atoms with E-state index in [1.54, 1.807) is 0 Å². The topological polar surface area (TPSA) is 83.0 Å². The van der Waals surface area contributed by atoms with E-state index in [2.05, 4.69) is 33.0 Å². The van der Waals surface area contributed by atoms with Crippen LogP contribution in [0.25, 0.3) is 0 Å². The Morgan fingerprint density at radius 1 is 1.00 bits per heavy atom. The number of fused-ring (bicyclic) bond motifs is 2. The summed E-state index contributed by atoms with van der Waals surface area (Å²) in [5.74, 6) is 2.39. The molecule has 40 heavy (non-hydrogen) atoms. The van der Waals surface area contributed by atoms with Crippen molar-refractivity contribution in [3.05, 3.63) is 74.2 Å². The zero-order chi connectivity index (χ0) is 27.6. The van der Waals surface area contributed by atoms with E-state index in [9.17, 15) is 4.79 Å². The van der Waals surface area contributed by atoms with Gasteiger partial charge >= 0.3 is 0 Å². The molecule has 210 valence electrons. The average molecular weight is 562 g/mol. The molecule has 3 aromatic rings. The third-order valence-corrected chi connectivity index (χ3v) is 8.46. The summed E-state index contributed by atoms with van der Waals surface area (Å²) in [5, 5.41) is 0.764. The molecule has 0 spiro atoms. The highest BCUT2D eigenvalue weighted by atomic mass is 35.5. The highest BCUT2D eigenvalue weighted by molar-refractivity contribution is 6.33. The molecule has 0 saturated carbocycles. The Morgan fingerprint density at radius 3 is 2.48 bits per heavy atom. The highest BCUT2D eigenvalue weighted by Crippen LogP contribution is 2.36. The third-order valence-electron chi connectivity index (χ3n) is 8.14. The number of H-pyrrole nitrogens is 1. The highest BCUT2D eigenvalue weighted by Gasteiger charge is 2.31. The van der Waals surface area contributed by atoms with E-state index < -0.39 is 0 Å². The Labute approximate surface area is 240 Å². The molecule has 1 unspecified atom stereocenters. The molecule has 0 radical (unpaired) electrons. The van der Waals surface area contributed by atoms with E-state index in [-0.39, 0.29) is 11.5 Å². The van der Waals surface area contributed by atoms with Crippen LogP contribution in [0.4, 0.5) is 11.6 Å². The van der Waals surface area contributed by atoms with E-state index in [1.807, 2.05) is 32.0 Å². The lowest BCUT2D eigenvalue weighted by molar-refractivity contribution is 0.287. The summed E-state index contributed by atoms with van der Waals surface area (Å²) < 4.78 is 11.8. The maximum absolute atomic E-state index is 13.4. The van der Waals surface area contributed by atoms with Gasteiger partial charge in [-0.15, -0.1) is 0 Å². The van der Waals surface area contributed by atoms with Crippen molar-refractivity contribution in [2.75, 3.05) is 55.7 Å². The molecule has 0 amide bonds. The standard InChI is InChI=1S/C31H36ClN5O3/c1-3-39-27-18-20-11-12-33-29(22(20)19-28(27)40-4-2)21-9-10-25-23(17-21)30(38)35-31(34-25)37-15-13-36(14-16-37)26-8-6-5-7-24(26)32/h5-8,18-19,21H,3-4,9-17H2,1-2H3,(H,34,35,38). The molecule has 1 saturated heterocycles. The molecule has 3 aliphatic rings. The first-order valence-corrected chi connectivity index (χ1v) is 14.8. The fourth-order valence-corrected chi connectivity index (χ4v) is 6.43. The number of rotatable bonds is 7. The van der Waals surface area contributed by atoms with Crippen LogP contribution in [0, 0.1) is 5.92 Å². The minimum Gasteiger partial charge on any atom is -0.490 e. The summed E-state index contributed by atoms with van der Waals surface area (Å²) in [6, 6.07) is 12.1. The van der Waals surface area contributed by atoms with Gasteiger partial charge < -0.3 is 19.3 Å². The molecule has 8 nitrogen and oxygen atoms in total. The maximum atomic E-state index is 13.4. The largest absolute Gasteiger partial charge is 0.490 e. The van der Waals surface area contributed by atoms with Gasteiger partial charge in [-0.2, -0.15) is 0 Å². The van der Waals surface area contributed by atoms with Gasteiger partial charge in [-0.3, -0.25) is 14.8 Å². The van der Waals surface area contributed by atoms with Gasteiger partial charge in [0.05, 0.1) is 29.6 Å². The van der Waals surface area contributed by atoms with Crippen LogP contribution in [0.5, 0.6) is 11.5 Å². The van der Waals surface area contributed by atoms with E-state index in [1.165, 1.54) is 5.56 Å². The zero-order valence-electron chi connectivity index (χ0n) is 23.2. The number of hydrogen-bond donors (Lipinski definition) is 1. The average Bonchev–Trinajstić information content (AvgIpc) is 2.98. The van der Waals surface area contributed by atoms with Gasteiger partial charge in [0.15, 0.2) is 11.5 Å². The van der Waals surface area contributed by atoms with Crippen LogP contribution >= 0.6 is 11.6 Å². The van der Waals surface area contributed by atoms with Crippen molar-refractivity contribution in [1.82, 2.24) is 9.97 Å². The van der Waals surface area contributed by atoms with Crippen molar-refractivity contribution in [1.29, 1.82) is 0 Å². The SMILES string of the molecule is CCOc1cc2c(cc1OCC)C(C1CCc3nc(N4CCN(c5ccccc5Cl)CC4)[nH]c(=O)c3C1)=NCC2. The number of para-hydroxylation sites is 1. The molecular formula is C31H36ClN5O3. The zero-order valence-corrected chi connectivity index (χ0v) is 24.0. The second-order valence-electron chi connectivity index (χ2n) is 10.5. The predicted molar refractivity (Wildman–Crippen MR) is 160 cm³/mol. The van der Waals surface area contributed by atoms with Crippen LogP contribution in [0.2, 0.25) is 5.02 Å². The van der Waals surface area contributed by atoms with Crippen molar-refractivity contribution in [2.45, 2.75) is 39.5 Å². The number of nitrogens with zero attached hydrogens (tertiary/aromatic N) is 4. The summed E-state index contributed by atoms with van der Waals surface area (Å²) in [7, 11) is 0. The summed E-state index contributed by atoms with van der Waals surface area (Å²) in [6.07, 6.45) is 3.20. The number of piperazine rings is 1. The first-order valence-electron chi connectivity index (χ1n) is 14.4. The van der Waals surface area contributed by atoms with E-state index in [4.69, 9.17) is 31.1 Å². The molecule has 2 aromatic carbocycles. The molecule has 3 heterocycles. The van der Waals surface area contributed by atoms with Crippen molar-refractivity contribution in [2.24, 2.45) is 10.9 Å². The molecule has 1 fully saturated rings. The van der Waals surface area contributed by atoms with Crippen LogP contribution in [0.3, 0.4) is 0 Å². The second-order valence-corrected chi connectivity index (χ2v) is 10.9. The lowest BCUT2D eigenvalue weighted by Crippen LogP contribution is -2.48. The quantitative estimate of drug-likeness (QED) is 0.450. The Morgan fingerprint density at radius 2 is 1.73 bits per heavy atom. The summed E-state index contributed by atoms with van der Waals surface area (Å²) >= 11 is 6.41. The normalized spacial score (nSPS) is 18.6. The first-order chi connectivity index (χ1) is 19.6. The van der Waals surface area contributed by atoms with Crippen LogP contribution in [-0.2, 0) is 19.3 Å². The predicted octanol–water partition coefficient (Wildman–Crippen LogP) is 4.70. The number of aliphatic imine (C=N–C) groups is 1. The van der Waals surface area contributed by atoms with Crippen LogP contribution in [0.1, 0.15) is 42.7 Å². The molecule has 2 aliphatic heterocycles. The number of aryl methyl sites for hydroxylation is 1. The van der Waals surface area contributed by atoms with E-state index in [0.717, 1.165) is 96.7 Å². The van der Waals surface area contributed by atoms with Gasteiger partial charge in [0.2, 0.25) is 5.95 Å². The van der Waals surface area contributed by atoms with Crippen molar-refractivity contribution in [3.8, 4) is 11.5 Å². The van der Waals surface area contributed by atoms with Gasteiger partial charge in [-0.1, -0.05) is 23.7 Å². The summed E-state index contributed by atoms with van der Waals surface area (Å²) in [4.78, 5) is 30.8. The van der Waals surface area contributed by atoms with E-state index in [0.29, 0.717) is 25.6 Å². The number of nitrogens with one attached hydrogen (secondary N) is 1. The van der Waals surface area contributed by atoms with Gasteiger partial charge in [0.1, 0.15) is 0 Å². The Kier molecular flexibility index (Phi) is 7.69. The molecular weight excluding hydrogens is 526 g/mol. The minimum atomic E-state index is -0.0310. The smallest absolute Gasteiger partial charge is 0.255 e. The van der Waals surface area contributed by atoms with Crippen molar-refractivity contribution >= 4 is 28.9 Å². The fourth-order valence-electron chi connectivity index (χ4n) is 6.17. The molecule has 1 aliphatic carbocycles. The number of halogens is 1. The minimum absolute atomic E-state index is 0.0310. The molecule has 9 heteroatoms. The summed E-state index contributed by atoms with van der Waals surface area (Å²) in [5.41, 5.74) is 6.18. The first kappa shape index (κ1) is 26.7. The Bertz CT molecular complexity index is 1480. The molecule has 1 aromatic heterocycles.